The fourth-order valence-electron chi connectivity index (χ4n) is 1.71. The fourth-order valence-corrected chi connectivity index (χ4v) is 2.67. The fraction of sp³-hybridized carbons (Fsp3) is 0.538. The van der Waals surface area contributed by atoms with Gasteiger partial charge in [0.05, 0.1) is 12.0 Å². The molecule has 0 aromatic carbocycles. The Labute approximate surface area is 117 Å². The topological polar surface area (TPSA) is 56.3 Å². The molecule has 0 aliphatic carbocycles. The number of hydrogen-bond acceptors (Lipinski definition) is 6. The normalized spacial score (nSPS) is 10.9. The molecule has 0 aliphatic rings. The summed E-state index contributed by atoms with van der Waals surface area (Å²) in [4.78, 5) is 11.1. The van der Waals surface area contributed by atoms with Crippen LogP contribution in [0, 0.1) is 0 Å². The van der Waals surface area contributed by atoms with Crippen LogP contribution in [0.3, 0.4) is 0 Å². The molecule has 0 radical (unpaired) electrons. The average molecular weight is 281 g/mol. The molecule has 0 aliphatic heterocycles. The van der Waals surface area contributed by atoms with Gasteiger partial charge >= 0.3 is 0 Å². The third kappa shape index (κ3) is 3.33. The third-order valence-corrected chi connectivity index (χ3v) is 3.89. The number of nitrogens with zero attached hydrogens (tertiary/aromatic N) is 2. The van der Waals surface area contributed by atoms with Crippen molar-refractivity contribution in [2.45, 2.75) is 19.8 Å². The second-order valence-electron chi connectivity index (χ2n) is 4.08. The molecule has 6 heteroatoms. The van der Waals surface area contributed by atoms with Crippen LogP contribution in [-0.4, -0.2) is 37.3 Å². The highest BCUT2D eigenvalue weighted by Crippen LogP contribution is 2.31. The zero-order valence-electron chi connectivity index (χ0n) is 11.5. The van der Waals surface area contributed by atoms with Crippen LogP contribution in [-0.2, 0) is 11.2 Å². The molecule has 104 valence electrons. The van der Waals surface area contributed by atoms with E-state index in [0.29, 0.717) is 25.0 Å². The maximum atomic E-state index is 5.76. The lowest BCUT2D eigenvalue weighted by molar-refractivity contribution is 0.171. The van der Waals surface area contributed by atoms with E-state index < -0.39 is 0 Å². The van der Waals surface area contributed by atoms with E-state index in [1.54, 1.807) is 18.4 Å². The molecule has 1 N–H and O–H groups in total. The number of ether oxygens (including phenoxy) is 2. The summed E-state index contributed by atoms with van der Waals surface area (Å²) >= 11 is 1.69. The van der Waals surface area contributed by atoms with Gasteiger partial charge in [0.15, 0.2) is 0 Å². The zero-order chi connectivity index (χ0) is 13.7. The van der Waals surface area contributed by atoms with E-state index in [4.69, 9.17) is 9.47 Å². The summed E-state index contributed by atoms with van der Waals surface area (Å²) in [6.45, 7) is 3.42. The van der Waals surface area contributed by atoms with Crippen molar-refractivity contribution in [2.24, 2.45) is 0 Å². The van der Waals surface area contributed by atoms with Gasteiger partial charge in [-0.1, -0.05) is 6.92 Å². The summed E-state index contributed by atoms with van der Waals surface area (Å²) in [6.07, 6.45) is 1.85. The number of nitrogens with one attached hydrogen (secondary N) is 1. The summed E-state index contributed by atoms with van der Waals surface area (Å²) < 4.78 is 10.8. The summed E-state index contributed by atoms with van der Waals surface area (Å²) in [5.74, 6) is 1.25. The van der Waals surface area contributed by atoms with Crippen LogP contribution in [0.4, 0.5) is 5.95 Å². The molecule has 2 aromatic rings. The van der Waals surface area contributed by atoms with Crippen molar-refractivity contribution in [3.63, 3.8) is 0 Å². The highest BCUT2D eigenvalue weighted by Gasteiger charge is 2.11. The van der Waals surface area contributed by atoms with Gasteiger partial charge in [0.25, 0.3) is 0 Å². The maximum absolute atomic E-state index is 5.76. The van der Waals surface area contributed by atoms with Crippen molar-refractivity contribution < 1.29 is 9.47 Å². The Morgan fingerprint density at radius 2 is 2.16 bits per heavy atom. The number of thiophene rings is 1. The van der Waals surface area contributed by atoms with E-state index in [1.807, 2.05) is 7.05 Å². The number of fused-ring (bicyclic) bond motifs is 1. The van der Waals surface area contributed by atoms with E-state index in [1.165, 1.54) is 4.88 Å². The van der Waals surface area contributed by atoms with Crippen LogP contribution in [0.15, 0.2) is 6.07 Å². The van der Waals surface area contributed by atoms with Crippen molar-refractivity contribution in [3.05, 3.63) is 10.9 Å². The monoisotopic (exact) mass is 281 g/mol. The minimum atomic E-state index is 0.596. The Morgan fingerprint density at radius 3 is 2.84 bits per heavy atom. The summed E-state index contributed by atoms with van der Waals surface area (Å²) in [5, 5.41) is 3.97. The van der Waals surface area contributed by atoms with Crippen molar-refractivity contribution in [1.29, 1.82) is 0 Å². The van der Waals surface area contributed by atoms with Gasteiger partial charge in [-0.2, -0.15) is 4.98 Å². The third-order valence-electron chi connectivity index (χ3n) is 2.71. The smallest absolute Gasteiger partial charge is 0.227 e. The first-order valence-electron chi connectivity index (χ1n) is 6.38. The molecular weight excluding hydrogens is 262 g/mol. The molecule has 0 saturated carbocycles. The SMILES string of the molecule is CCc1cc2c(OCCCOC)nc(NC)nc2s1. The van der Waals surface area contributed by atoms with Crippen LogP contribution in [0.5, 0.6) is 5.88 Å². The predicted octanol–water partition coefficient (Wildman–Crippen LogP) is 2.71. The average Bonchev–Trinajstić information content (AvgIpc) is 2.86. The highest BCUT2D eigenvalue weighted by atomic mass is 32.1. The van der Waals surface area contributed by atoms with Crippen LogP contribution >= 0.6 is 11.3 Å². The summed E-state index contributed by atoms with van der Waals surface area (Å²) in [5.41, 5.74) is 0. The molecule has 0 spiro atoms. The molecule has 2 rings (SSSR count). The molecular formula is C13H19N3O2S. The van der Waals surface area contributed by atoms with E-state index in [9.17, 15) is 0 Å². The molecule has 19 heavy (non-hydrogen) atoms. The quantitative estimate of drug-likeness (QED) is 0.791. The molecule has 2 heterocycles. The maximum Gasteiger partial charge on any atom is 0.227 e. The standard InChI is InChI=1S/C13H19N3O2S/c1-4-9-8-10-11(18-7-5-6-17-3)15-13(14-2)16-12(10)19-9/h8H,4-7H2,1-3H3,(H,14,15,16). The molecule has 0 unspecified atom stereocenters. The van der Waals surface area contributed by atoms with Crippen molar-refractivity contribution in [3.8, 4) is 5.88 Å². The van der Waals surface area contributed by atoms with Crippen molar-refractivity contribution in [2.75, 3.05) is 32.7 Å². The Bertz CT molecular complexity index is 542. The molecule has 2 aromatic heterocycles. The molecule has 0 fully saturated rings. The van der Waals surface area contributed by atoms with Crippen LogP contribution in [0.25, 0.3) is 10.2 Å². The number of anilines is 1. The highest BCUT2D eigenvalue weighted by molar-refractivity contribution is 7.18. The second-order valence-corrected chi connectivity index (χ2v) is 5.20. The Morgan fingerprint density at radius 1 is 1.32 bits per heavy atom. The van der Waals surface area contributed by atoms with Crippen LogP contribution < -0.4 is 10.1 Å². The van der Waals surface area contributed by atoms with Crippen molar-refractivity contribution in [1.82, 2.24) is 9.97 Å². The second kappa shape index (κ2) is 6.68. The zero-order valence-corrected chi connectivity index (χ0v) is 12.3. The largest absolute Gasteiger partial charge is 0.477 e. The van der Waals surface area contributed by atoms with E-state index >= 15 is 0 Å². The predicted molar refractivity (Wildman–Crippen MR) is 78.3 cm³/mol. The van der Waals surface area contributed by atoms with Crippen molar-refractivity contribution >= 4 is 27.5 Å². The van der Waals surface area contributed by atoms with Gasteiger partial charge in [-0.3, -0.25) is 0 Å². The first-order valence-corrected chi connectivity index (χ1v) is 7.20. The van der Waals surface area contributed by atoms with Gasteiger partial charge in [-0.15, -0.1) is 11.3 Å². The minimum Gasteiger partial charge on any atom is -0.477 e. The first kappa shape index (κ1) is 14.0. The molecule has 0 amide bonds. The number of aryl methyl sites for hydroxylation is 1. The van der Waals surface area contributed by atoms with Gasteiger partial charge in [-0.05, 0) is 12.5 Å². The Kier molecular flexibility index (Phi) is 4.93. The molecule has 0 saturated heterocycles. The van der Waals surface area contributed by atoms with Gasteiger partial charge in [0.2, 0.25) is 11.8 Å². The van der Waals surface area contributed by atoms with E-state index in [-0.39, 0.29) is 0 Å². The van der Waals surface area contributed by atoms with Crippen LogP contribution in [0.2, 0.25) is 0 Å². The van der Waals surface area contributed by atoms with Crippen LogP contribution in [0.1, 0.15) is 18.2 Å². The van der Waals surface area contributed by atoms with E-state index in [2.05, 4.69) is 28.3 Å². The van der Waals surface area contributed by atoms with Gasteiger partial charge in [0, 0.05) is 32.1 Å². The number of rotatable bonds is 7. The minimum absolute atomic E-state index is 0.596. The van der Waals surface area contributed by atoms with Gasteiger partial charge in [-0.25, -0.2) is 4.98 Å². The lowest BCUT2D eigenvalue weighted by Crippen LogP contribution is -2.05. The Balaban J connectivity index is 2.25. The van der Waals surface area contributed by atoms with E-state index in [0.717, 1.165) is 23.1 Å². The molecule has 0 atom stereocenters. The summed E-state index contributed by atoms with van der Waals surface area (Å²) in [7, 11) is 3.50. The Hall–Kier alpha value is -1.40. The number of methoxy groups -OCH3 is 1. The first-order chi connectivity index (χ1) is 9.28. The lowest BCUT2D eigenvalue weighted by Gasteiger charge is -2.07. The molecule has 0 bridgehead atoms. The number of hydrogen-bond donors (Lipinski definition) is 1. The number of aromatic nitrogens is 2. The molecule has 5 nitrogen and oxygen atoms in total. The van der Waals surface area contributed by atoms with Gasteiger partial charge < -0.3 is 14.8 Å². The lowest BCUT2D eigenvalue weighted by atomic mass is 10.3. The van der Waals surface area contributed by atoms with Gasteiger partial charge in [0.1, 0.15) is 4.83 Å². The summed E-state index contributed by atoms with van der Waals surface area (Å²) in [6, 6.07) is 2.12.